The Bertz CT molecular complexity index is 663. The van der Waals surface area contributed by atoms with Crippen molar-refractivity contribution in [1.29, 1.82) is 0 Å². The molecular formula is C18H19NOS. The van der Waals surface area contributed by atoms with Gasteiger partial charge in [-0.05, 0) is 61.4 Å². The number of amides is 1. The van der Waals surface area contributed by atoms with Gasteiger partial charge in [-0.2, -0.15) is 0 Å². The SMILES string of the molecule is CSc1ccc(C(=O)N2CCCc3cccc(C)c32)cc1. The molecule has 2 aromatic carbocycles. The van der Waals surface area contributed by atoms with E-state index in [9.17, 15) is 4.79 Å². The van der Waals surface area contributed by atoms with Crippen LogP contribution < -0.4 is 4.90 Å². The Hall–Kier alpha value is -1.74. The third kappa shape index (κ3) is 2.70. The first-order chi connectivity index (χ1) is 10.2. The zero-order valence-electron chi connectivity index (χ0n) is 12.4. The predicted octanol–water partition coefficient (Wildman–Crippen LogP) is 4.31. The molecule has 2 nitrogen and oxygen atoms in total. The van der Waals surface area contributed by atoms with Gasteiger partial charge >= 0.3 is 0 Å². The number of anilines is 1. The van der Waals surface area contributed by atoms with E-state index in [-0.39, 0.29) is 5.91 Å². The summed E-state index contributed by atoms with van der Waals surface area (Å²) in [5, 5.41) is 0. The van der Waals surface area contributed by atoms with E-state index >= 15 is 0 Å². The van der Waals surface area contributed by atoms with Crippen LogP contribution in [0.1, 0.15) is 27.9 Å². The number of thioether (sulfide) groups is 1. The number of nitrogens with zero attached hydrogens (tertiary/aromatic N) is 1. The molecule has 0 N–H and O–H groups in total. The predicted molar refractivity (Wildman–Crippen MR) is 89.4 cm³/mol. The number of hydrogen-bond donors (Lipinski definition) is 0. The number of para-hydroxylation sites is 1. The minimum atomic E-state index is 0.109. The van der Waals surface area contributed by atoms with Crippen molar-refractivity contribution in [2.75, 3.05) is 17.7 Å². The van der Waals surface area contributed by atoms with Crippen LogP contribution >= 0.6 is 11.8 Å². The van der Waals surface area contributed by atoms with Crippen molar-refractivity contribution in [1.82, 2.24) is 0 Å². The molecule has 3 rings (SSSR count). The average Bonchev–Trinajstić information content (AvgIpc) is 2.54. The lowest BCUT2D eigenvalue weighted by Gasteiger charge is -2.31. The molecule has 0 radical (unpaired) electrons. The molecule has 1 amide bonds. The van der Waals surface area contributed by atoms with Crippen molar-refractivity contribution in [2.24, 2.45) is 0 Å². The topological polar surface area (TPSA) is 20.3 Å². The van der Waals surface area contributed by atoms with Gasteiger partial charge in [0.1, 0.15) is 0 Å². The molecule has 1 heterocycles. The van der Waals surface area contributed by atoms with Crippen molar-refractivity contribution in [3.63, 3.8) is 0 Å². The number of aryl methyl sites for hydroxylation is 2. The lowest BCUT2D eigenvalue weighted by Crippen LogP contribution is -2.36. The highest BCUT2D eigenvalue weighted by molar-refractivity contribution is 7.98. The molecule has 0 aromatic heterocycles. The molecule has 108 valence electrons. The quantitative estimate of drug-likeness (QED) is 0.770. The molecule has 0 atom stereocenters. The van der Waals surface area contributed by atoms with E-state index < -0.39 is 0 Å². The van der Waals surface area contributed by atoms with Crippen LogP contribution in [0.4, 0.5) is 5.69 Å². The third-order valence-electron chi connectivity index (χ3n) is 4.00. The van der Waals surface area contributed by atoms with Gasteiger partial charge in [0, 0.05) is 17.0 Å². The van der Waals surface area contributed by atoms with Crippen LogP contribution in [0.25, 0.3) is 0 Å². The summed E-state index contributed by atoms with van der Waals surface area (Å²) in [6.07, 6.45) is 4.14. The Morgan fingerprint density at radius 2 is 1.90 bits per heavy atom. The van der Waals surface area contributed by atoms with Crippen molar-refractivity contribution in [2.45, 2.75) is 24.7 Å². The Balaban J connectivity index is 1.96. The molecule has 0 spiro atoms. The highest BCUT2D eigenvalue weighted by atomic mass is 32.2. The van der Waals surface area contributed by atoms with Crippen molar-refractivity contribution in [3.05, 3.63) is 59.2 Å². The summed E-state index contributed by atoms with van der Waals surface area (Å²) >= 11 is 1.69. The van der Waals surface area contributed by atoms with Gasteiger partial charge < -0.3 is 4.90 Å². The van der Waals surface area contributed by atoms with Gasteiger partial charge in [0.05, 0.1) is 5.69 Å². The van der Waals surface area contributed by atoms with Crippen LogP contribution in [0.2, 0.25) is 0 Å². The highest BCUT2D eigenvalue weighted by Crippen LogP contribution is 2.31. The number of fused-ring (bicyclic) bond motifs is 1. The van der Waals surface area contributed by atoms with E-state index in [1.54, 1.807) is 11.8 Å². The fraction of sp³-hybridized carbons (Fsp3) is 0.278. The molecule has 1 aliphatic heterocycles. The van der Waals surface area contributed by atoms with Crippen LogP contribution in [0.3, 0.4) is 0 Å². The van der Waals surface area contributed by atoms with Gasteiger partial charge in [-0.15, -0.1) is 11.8 Å². The summed E-state index contributed by atoms with van der Waals surface area (Å²) in [5.74, 6) is 0.109. The fourth-order valence-corrected chi connectivity index (χ4v) is 3.35. The van der Waals surface area contributed by atoms with E-state index in [4.69, 9.17) is 0 Å². The Labute approximate surface area is 130 Å². The fourth-order valence-electron chi connectivity index (χ4n) is 2.94. The summed E-state index contributed by atoms with van der Waals surface area (Å²) < 4.78 is 0. The minimum Gasteiger partial charge on any atom is -0.308 e. The smallest absolute Gasteiger partial charge is 0.258 e. The highest BCUT2D eigenvalue weighted by Gasteiger charge is 2.24. The molecule has 0 saturated heterocycles. The van der Waals surface area contributed by atoms with E-state index in [1.165, 1.54) is 16.0 Å². The third-order valence-corrected chi connectivity index (χ3v) is 4.74. The normalized spacial score (nSPS) is 13.9. The molecule has 0 fully saturated rings. The summed E-state index contributed by atoms with van der Waals surface area (Å²) in [6, 6.07) is 14.2. The second-order valence-corrected chi connectivity index (χ2v) is 6.25. The molecule has 3 heteroatoms. The molecule has 0 aliphatic carbocycles. The first-order valence-corrected chi connectivity index (χ1v) is 8.47. The van der Waals surface area contributed by atoms with E-state index in [0.29, 0.717) is 0 Å². The molecule has 2 aromatic rings. The van der Waals surface area contributed by atoms with Gasteiger partial charge in [-0.3, -0.25) is 4.79 Å². The maximum absolute atomic E-state index is 12.8. The molecule has 21 heavy (non-hydrogen) atoms. The summed E-state index contributed by atoms with van der Waals surface area (Å²) in [6.45, 7) is 2.89. The summed E-state index contributed by atoms with van der Waals surface area (Å²) in [4.78, 5) is 16.0. The van der Waals surface area contributed by atoms with Gasteiger partial charge in [-0.1, -0.05) is 18.2 Å². The van der Waals surface area contributed by atoms with E-state index in [1.807, 2.05) is 35.4 Å². The monoisotopic (exact) mass is 297 g/mol. The van der Waals surface area contributed by atoms with E-state index in [2.05, 4.69) is 25.1 Å². The van der Waals surface area contributed by atoms with Crippen LogP contribution in [0.15, 0.2) is 47.4 Å². The summed E-state index contributed by atoms with van der Waals surface area (Å²) in [7, 11) is 0. The average molecular weight is 297 g/mol. The molecular weight excluding hydrogens is 278 g/mol. The number of benzene rings is 2. The largest absolute Gasteiger partial charge is 0.308 e. The second-order valence-electron chi connectivity index (χ2n) is 5.37. The first kappa shape index (κ1) is 14.2. The van der Waals surface area contributed by atoms with E-state index in [0.717, 1.165) is 30.6 Å². The van der Waals surface area contributed by atoms with Crippen molar-refractivity contribution < 1.29 is 4.79 Å². The van der Waals surface area contributed by atoms with Gasteiger partial charge in [-0.25, -0.2) is 0 Å². The Kier molecular flexibility index (Phi) is 4.02. The van der Waals surface area contributed by atoms with Crippen molar-refractivity contribution >= 4 is 23.4 Å². The number of carbonyl (C=O) groups is 1. The standard InChI is InChI=1S/C18H19NOS/c1-13-5-3-6-14-7-4-12-19(17(13)14)18(20)15-8-10-16(21-2)11-9-15/h3,5-6,8-11H,4,7,12H2,1-2H3. The number of carbonyl (C=O) groups excluding carboxylic acids is 1. The summed E-state index contributed by atoms with van der Waals surface area (Å²) in [5.41, 5.74) is 4.35. The van der Waals surface area contributed by atoms with Gasteiger partial charge in [0.2, 0.25) is 0 Å². The van der Waals surface area contributed by atoms with Crippen LogP contribution in [-0.2, 0) is 6.42 Å². The van der Waals surface area contributed by atoms with Crippen molar-refractivity contribution in [3.8, 4) is 0 Å². The Morgan fingerprint density at radius 3 is 2.62 bits per heavy atom. The Morgan fingerprint density at radius 1 is 1.14 bits per heavy atom. The molecule has 0 unspecified atom stereocenters. The molecule has 0 bridgehead atoms. The number of hydrogen-bond acceptors (Lipinski definition) is 2. The molecule has 1 aliphatic rings. The maximum atomic E-state index is 12.8. The molecule has 0 saturated carbocycles. The lowest BCUT2D eigenvalue weighted by atomic mass is 9.97. The van der Waals surface area contributed by atoms with Crippen LogP contribution in [0.5, 0.6) is 0 Å². The van der Waals surface area contributed by atoms with Gasteiger partial charge in [0.15, 0.2) is 0 Å². The van der Waals surface area contributed by atoms with Crippen LogP contribution in [0, 0.1) is 6.92 Å². The number of rotatable bonds is 2. The first-order valence-electron chi connectivity index (χ1n) is 7.25. The zero-order valence-corrected chi connectivity index (χ0v) is 13.2. The van der Waals surface area contributed by atoms with Gasteiger partial charge in [0.25, 0.3) is 5.91 Å². The maximum Gasteiger partial charge on any atom is 0.258 e. The second kappa shape index (κ2) is 5.94. The van der Waals surface area contributed by atoms with Crippen LogP contribution in [-0.4, -0.2) is 18.7 Å². The zero-order chi connectivity index (χ0) is 14.8. The minimum absolute atomic E-state index is 0.109. The lowest BCUT2D eigenvalue weighted by molar-refractivity contribution is 0.0985.